The second-order valence-electron chi connectivity index (χ2n) is 24.4. The number of unbranched alkanes of at least 4 members (excludes halogenated alkanes) is 3. The number of nitro benzene ring substituents is 1. The summed E-state index contributed by atoms with van der Waals surface area (Å²) < 4.78 is 94.0. The number of rotatable bonds is 42. The summed E-state index contributed by atoms with van der Waals surface area (Å²) >= 11 is 4.00. The van der Waals surface area contributed by atoms with Gasteiger partial charge >= 0.3 is 0 Å². The van der Waals surface area contributed by atoms with Crippen LogP contribution in [0, 0.1) is 10.1 Å². The number of hydrogen-bond donors (Lipinski definition) is 10. The molecule has 0 fully saturated rings. The molecule has 0 spiro atoms. The number of carbonyl (C=O) groups is 7. The van der Waals surface area contributed by atoms with E-state index >= 15 is 0 Å². The second-order valence-corrected chi connectivity index (χ2v) is 27.5. The van der Waals surface area contributed by atoms with Gasteiger partial charge in [0.2, 0.25) is 47.0 Å². The molecule has 0 aromatic heterocycles. The minimum Gasteiger partial charge on any atom is -0.744 e. The van der Waals surface area contributed by atoms with Crippen molar-refractivity contribution in [1.29, 1.82) is 0 Å². The van der Waals surface area contributed by atoms with Crippen LogP contribution in [0.5, 0.6) is 11.5 Å². The SMILES string of the molecule is CCN1/C(=C/C=C/C=C/C2=[N+](CCCCCC(=O)NCCCC[C@H](NC(=O)CNC(=O)[C@@H](N)CS)C(=O)NCC(=O)NC(C)c3cc(OC)c(OCCCC(=O)NCCOCCOCC(=O)NC)cc3[N+](=O)[O-])c3ccc(S(=O)(=O)O)cc3C2(C)C)C(C)(C)c2cc(S(=O)(=O)[O-])ccc21. The van der Waals surface area contributed by atoms with E-state index in [0.717, 1.165) is 28.8 Å². The average Bonchev–Trinajstić information content (AvgIpc) is 1.60. The van der Waals surface area contributed by atoms with Crippen molar-refractivity contribution in [1.82, 2.24) is 37.2 Å². The predicted octanol–water partition coefficient (Wildman–Crippen LogP) is 3.70. The van der Waals surface area contributed by atoms with Crippen molar-refractivity contribution >= 4 is 97.0 Å². The molecule has 99 heavy (non-hydrogen) atoms. The lowest BCUT2D eigenvalue weighted by Crippen LogP contribution is -2.52. The molecule has 0 bridgehead atoms. The first-order valence-corrected chi connectivity index (χ1v) is 35.9. The fourth-order valence-corrected chi connectivity index (χ4v) is 12.4. The number of nitrogens with two attached hydrogens (primary N) is 1. The number of nitrogens with zero attached hydrogens (tertiary/aromatic N) is 3. The molecule has 7 amide bonds. The number of nitro groups is 1. The molecule has 5 rings (SSSR count). The van der Waals surface area contributed by atoms with Gasteiger partial charge in [-0.25, -0.2) is 8.42 Å². The zero-order chi connectivity index (χ0) is 73.3. The molecule has 0 radical (unpaired) electrons. The maximum absolute atomic E-state index is 13.6. The summed E-state index contributed by atoms with van der Waals surface area (Å²) in [5.41, 5.74) is 8.71. The van der Waals surface area contributed by atoms with Crippen molar-refractivity contribution < 1.29 is 87.9 Å². The maximum atomic E-state index is 13.6. The van der Waals surface area contributed by atoms with Crippen molar-refractivity contribution in [3.05, 3.63) is 111 Å². The van der Waals surface area contributed by atoms with E-state index in [1.54, 1.807) is 12.1 Å². The molecular weight excluding hydrogens is 1350 g/mol. The lowest BCUT2D eigenvalue weighted by atomic mass is 9.81. The van der Waals surface area contributed by atoms with Crippen LogP contribution >= 0.6 is 12.6 Å². The Balaban J connectivity index is 1.13. The summed E-state index contributed by atoms with van der Waals surface area (Å²) in [6.07, 6.45) is 12.5. The van der Waals surface area contributed by atoms with Gasteiger partial charge < -0.3 is 71.4 Å². The van der Waals surface area contributed by atoms with E-state index in [1.807, 2.05) is 65.0 Å². The molecule has 0 saturated heterocycles. The standard InChI is InChI=1S/C66H93N11O19S3/c1-9-75-51-26-24-44(98(87,88)89)35-47(51)65(3,4)56(75)20-12-10-13-21-57-66(5,6)48-36-45(99(90,91)92)25-27-52(48)76(57)30-17-11-14-22-58(78)69-28-16-15-19-50(74-61(81)40-71-63(83)49(67)42-97)64(84)72-39-60(80)73-43(2)46-37-54(93-8)55(38-53(46)77(85)86)96-31-18-23-59(79)70-29-32-94-33-34-95-41-62(82)68-7/h10,12-13,20-21,24-27,35-38,43,49-50H,9,11,14-19,22-23,28-34,39-42,67H2,1-8H3,(H9-,68,69,70,71,72,73,74,78,79,80,81,82,83,84,87,88,89,90,91,92,97)/t43?,49-,50-/m0/s1. The van der Waals surface area contributed by atoms with E-state index in [0.29, 0.717) is 56.3 Å². The van der Waals surface area contributed by atoms with E-state index < -0.39 is 96.5 Å². The molecule has 33 heteroatoms. The summed E-state index contributed by atoms with van der Waals surface area (Å²) in [6, 6.07) is 8.15. The number of fused-ring (bicyclic) bond motifs is 2. The van der Waals surface area contributed by atoms with Crippen LogP contribution in [-0.4, -0.2) is 187 Å². The van der Waals surface area contributed by atoms with Gasteiger partial charge in [-0.15, -0.1) is 0 Å². The number of nitrogens with one attached hydrogen (secondary N) is 7. The highest BCUT2D eigenvalue weighted by Crippen LogP contribution is 2.48. The molecular formula is C66H93N11O19S3. The topological polar surface area (TPSA) is 428 Å². The summed E-state index contributed by atoms with van der Waals surface area (Å²) in [5.74, 6) is -3.54. The minimum absolute atomic E-state index is 0.00416. The third-order valence-corrected chi connectivity index (χ3v) is 18.6. The van der Waals surface area contributed by atoms with E-state index in [-0.39, 0.29) is 122 Å². The predicted molar refractivity (Wildman–Crippen MR) is 371 cm³/mol. The number of ether oxygens (including phenoxy) is 4. The van der Waals surface area contributed by atoms with Gasteiger partial charge in [0.15, 0.2) is 17.2 Å². The highest BCUT2D eigenvalue weighted by atomic mass is 32.2. The van der Waals surface area contributed by atoms with Gasteiger partial charge in [-0.05, 0) is 114 Å². The number of benzene rings is 3. The molecule has 544 valence electrons. The van der Waals surface area contributed by atoms with Gasteiger partial charge in [0.1, 0.15) is 29.3 Å². The van der Waals surface area contributed by atoms with Gasteiger partial charge in [0, 0.05) is 86.2 Å². The Labute approximate surface area is 583 Å². The molecule has 30 nitrogen and oxygen atoms in total. The van der Waals surface area contributed by atoms with E-state index in [1.165, 1.54) is 51.4 Å². The fraction of sp³-hybridized carbons (Fsp3) is 0.515. The Bertz CT molecular complexity index is 3760. The normalized spacial score (nSPS) is 15.2. The molecule has 2 aliphatic rings. The molecule has 1 unspecified atom stereocenters. The van der Waals surface area contributed by atoms with Crippen LogP contribution in [0.1, 0.15) is 122 Å². The largest absolute Gasteiger partial charge is 0.744 e. The molecule has 3 aromatic carbocycles. The third-order valence-electron chi connectivity index (χ3n) is 16.5. The highest BCUT2D eigenvalue weighted by molar-refractivity contribution is 7.86. The lowest BCUT2D eigenvalue weighted by molar-refractivity contribution is -0.438. The molecule has 0 aliphatic carbocycles. The van der Waals surface area contributed by atoms with Crippen molar-refractivity contribution in [2.24, 2.45) is 5.73 Å². The first-order chi connectivity index (χ1) is 46.8. The van der Waals surface area contributed by atoms with Gasteiger partial charge in [0.25, 0.3) is 15.8 Å². The number of carbonyl (C=O) groups excluding carboxylic acids is 7. The highest BCUT2D eigenvalue weighted by Gasteiger charge is 2.45. The Kier molecular flexibility index (Phi) is 31.5. The van der Waals surface area contributed by atoms with Gasteiger partial charge in [0.05, 0.1) is 90.5 Å². The van der Waals surface area contributed by atoms with Crippen LogP contribution < -0.4 is 57.3 Å². The Morgan fingerprint density at radius 2 is 1.39 bits per heavy atom. The third kappa shape index (κ3) is 24.0. The summed E-state index contributed by atoms with van der Waals surface area (Å²) in [5, 5.41) is 30.4. The van der Waals surface area contributed by atoms with Crippen molar-refractivity contribution in [2.45, 2.75) is 138 Å². The van der Waals surface area contributed by atoms with Crippen LogP contribution in [0.25, 0.3) is 0 Å². The number of hydrogen-bond acceptors (Lipinski definition) is 21. The Hall–Kier alpha value is -8.31. The molecule has 3 atom stereocenters. The smallest absolute Gasteiger partial charge is 0.294 e. The molecule has 2 aliphatic heterocycles. The molecule has 2 heterocycles. The van der Waals surface area contributed by atoms with Gasteiger partial charge in [-0.1, -0.05) is 32.1 Å². The van der Waals surface area contributed by atoms with Crippen molar-refractivity contribution in [3.63, 3.8) is 0 Å². The van der Waals surface area contributed by atoms with E-state index in [2.05, 4.69) is 59.3 Å². The summed E-state index contributed by atoms with van der Waals surface area (Å²) in [4.78, 5) is 102. The van der Waals surface area contributed by atoms with Gasteiger partial charge in [-0.2, -0.15) is 25.6 Å². The van der Waals surface area contributed by atoms with Crippen LogP contribution in [-0.2, 0) is 74.1 Å². The first kappa shape index (κ1) is 81.4. The molecule has 10 N–H and O–H groups in total. The van der Waals surface area contributed by atoms with Crippen LogP contribution in [0.15, 0.2) is 94.4 Å². The number of anilines is 1. The summed E-state index contributed by atoms with van der Waals surface area (Å²) in [6.45, 7) is 12.2. The van der Waals surface area contributed by atoms with Crippen molar-refractivity contribution in [2.75, 3.05) is 97.1 Å². The zero-order valence-corrected chi connectivity index (χ0v) is 59.6. The van der Waals surface area contributed by atoms with Crippen molar-refractivity contribution in [3.8, 4) is 11.5 Å². The van der Waals surface area contributed by atoms with E-state index in [4.69, 9.17) is 24.7 Å². The minimum atomic E-state index is -4.67. The fourth-order valence-electron chi connectivity index (χ4n) is 11.2. The zero-order valence-electron chi connectivity index (χ0n) is 57.1. The number of methoxy groups -OCH3 is 1. The number of allylic oxidation sites excluding steroid dienone is 6. The van der Waals surface area contributed by atoms with E-state index in [9.17, 15) is 69.6 Å². The van der Waals surface area contributed by atoms with Crippen LogP contribution in [0.2, 0.25) is 0 Å². The van der Waals surface area contributed by atoms with Gasteiger partial charge in [-0.3, -0.25) is 48.2 Å². The van der Waals surface area contributed by atoms with Crippen LogP contribution in [0.3, 0.4) is 0 Å². The number of likely N-dealkylation sites (N-methyl/N-ethyl adjacent to an activating group) is 2. The number of thiol groups is 1. The monoisotopic (exact) mass is 1440 g/mol. The quantitative estimate of drug-likeness (QED) is 0.00735. The lowest BCUT2D eigenvalue weighted by Gasteiger charge is -2.25. The maximum Gasteiger partial charge on any atom is 0.294 e. The molecule has 3 aromatic rings. The Morgan fingerprint density at radius 3 is 2.05 bits per heavy atom. The first-order valence-electron chi connectivity index (χ1n) is 32.4. The van der Waals surface area contributed by atoms with Crippen LogP contribution in [0.4, 0.5) is 17.1 Å². The second kappa shape index (κ2) is 38.3. The summed E-state index contributed by atoms with van der Waals surface area (Å²) in [7, 11) is -6.37. The molecule has 0 saturated carbocycles. The number of amides is 7. The average molecular weight is 1440 g/mol. The Morgan fingerprint density at radius 1 is 0.737 bits per heavy atom.